The molecule has 2 aromatic rings. The predicted molar refractivity (Wildman–Crippen MR) is 95.5 cm³/mol. The molecule has 8 heteroatoms. The Morgan fingerprint density at radius 2 is 2.12 bits per heavy atom. The Bertz CT molecular complexity index is 752. The first kappa shape index (κ1) is 17.4. The van der Waals surface area contributed by atoms with Gasteiger partial charge in [-0.15, -0.1) is 0 Å². The summed E-state index contributed by atoms with van der Waals surface area (Å²) < 4.78 is 7.34. The maximum absolute atomic E-state index is 10.7. The van der Waals surface area contributed by atoms with Crippen LogP contribution >= 0.6 is 0 Å². The van der Waals surface area contributed by atoms with Crippen LogP contribution in [0.15, 0.2) is 35.6 Å². The summed E-state index contributed by atoms with van der Waals surface area (Å²) in [5, 5.41) is 15.3. The molecule has 0 unspecified atom stereocenters. The number of carbonyl (C=O) groups is 1. The summed E-state index contributed by atoms with van der Waals surface area (Å²) in [6, 6.07) is 7.16. The van der Waals surface area contributed by atoms with Crippen LogP contribution in [0.25, 0.3) is 10.9 Å². The molecule has 0 aliphatic carbocycles. The highest BCUT2D eigenvalue weighted by molar-refractivity contribution is 5.99. The molecule has 2 heterocycles. The fourth-order valence-corrected chi connectivity index (χ4v) is 3.06. The number of urea groups is 1. The normalized spacial score (nSPS) is 17.2. The summed E-state index contributed by atoms with van der Waals surface area (Å²) in [5.41, 5.74) is 9.06. The molecule has 1 aliphatic heterocycles. The number of ether oxygens (including phenoxy) is 1. The number of β-amino-alcohol motifs (C(OH)–C–C–N with tert-alkyl or cyclic N) is 1. The van der Waals surface area contributed by atoms with Crippen LogP contribution in [0.4, 0.5) is 4.79 Å². The highest BCUT2D eigenvalue weighted by atomic mass is 16.5. The zero-order valence-electron chi connectivity index (χ0n) is 14.0. The largest absolute Gasteiger partial charge is 0.390 e. The van der Waals surface area contributed by atoms with Crippen molar-refractivity contribution in [3.63, 3.8) is 0 Å². The van der Waals surface area contributed by atoms with E-state index in [0.29, 0.717) is 26.3 Å². The van der Waals surface area contributed by atoms with Gasteiger partial charge in [0.15, 0.2) is 0 Å². The number of nitrogens with one attached hydrogen (secondary N) is 1. The molecule has 8 nitrogen and oxygen atoms in total. The number of nitrogens with zero attached hydrogens (tertiary/aromatic N) is 3. The molecule has 4 N–H and O–H groups in total. The van der Waals surface area contributed by atoms with E-state index in [2.05, 4.69) is 15.4 Å². The minimum absolute atomic E-state index is 0.481. The molecule has 25 heavy (non-hydrogen) atoms. The van der Waals surface area contributed by atoms with Crippen LogP contribution in [0.5, 0.6) is 0 Å². The van der Waals surface area contributed by atoms with Gasteiger partial charge in [0, 0.05) is 48.8 Å². The molecule has 134 valence electrons. The lowest BCUT2D eigenvalue weighted by Gasteiger charge is -2.28. The van der Waals surface area contributed by atoms with E-state index in [1.54, 1.807) is 6.21 Å². The molecule has 1 aliphatic rings. The molecule has 1 fully saturated rings. The fourth-order valence-electron chi connectivity index (χ4n) is 3.06. The van der Waals surface area contributed by atoms with Crippen molar-refractivity contribution in [3.05, 3.63) is 36.0 Å². The van der Waals surface area contributed by atoms with Crippen molar-refractivity contribution in [2.75, 3.05) is 32.8 Å². The number of hydrogen-bond donors (Lipinski definition) is 3. The van der Waals surface area contributed by atoms with Gasteiger partial charge in [0.2, 0.25) is 0 Å². The van der Waals surface area contributed by atoms with E-state index < -0.39 is 12.1 Å². The standard InChI is InChI=1S/C17H23N5O3/c18-17(24)20-19-9-13-10-22(16-4-2-1-3-15(13)16)12-14(23)11-21-5-7-25-8-6-21/h1-4,9-10,14,23H,5-8,11-12H2,(H3,18,20,24)/b19-9+/t14-/m0/s1. The third-order valence-corrected chi connectivity index (χ3v) is 4.18. The monoisotopic (exact) mass is 345 g/mol. The molecule has 0 bridgehead atoms. The number of rotatable bonds is 6. The van der Waals surface area contributed by atoms with Crippen molar-refractivity contribution in [3.8, 4) is 0 Å². The summed E-state index contributed by atoms with van der Waals surface area (Å²) in [5.74, 6) is 0. The number of hydrazone groups is 1. The number of morpholine rings is 1. The smallest absolute Gasteiger partial charge is 0.332 e. The van der Waals surface area contributed by atoms with E-state index in [1.807, 2.05) is 35.0 Å². The van der Waals surface area contributed by atoms with Crippen LogP contribution in [0.2, 0.25) is 0 Å². The van der Waals surface area contributed by atoms with Gasteiger partial charge in [-0.25, -0.2) is 10.2 Å². The predicted octanol–water partition coefficient (Wildman–Crippen LogP) is 0.337. The number of aromatic nitrogens is 1. The first-order valence-corrected chi connectivity index (χ1v) is 8.28. The quantitative estimate of drug-likeness (QED) is 0.518. The molecule has 3 rings (SSSR count). The highest BCUT2D eigenvalue weighted by Crippen LogP contribution is 2.20. The number of carbonyl (C=O) groups excluding carboxylic acids is 1. The van der Waals surface area contributed by atoms with E-state index in [0.717, 1.165) is 29.6 Å². The van der Waals surface area contributed by atoms with E-state index in [4.69, 9.17) is 10.5 Å². The first-order valence-electron chi connectivity index (χ1n) is 8.28. The lowest BCUT2D eigenvalue weighted by atomic mass is 10.2. The molecular weight excluding hydrogens is 322 g/mol. The number of aliphatic hydroxyl groups excluding tert-OH is 1. The van der Waals surface area contributed by atoms with Gasteiger partial charge in [0.1, 0.15) is 0 Å². The molecule has 1 saturated heterocycles. The molecule has 1 aromatic carbocycles. The number of fused-ring (bicyclic) bond motifs is 1. The molecule has 0 spiro atoms. The fraction of sp³-hybridized carbons (Fsp3) is 0.412. The van der Waals surface area contributed by atoms with Crippen molar-refractivity contribution in [1.29, 1.82) is 0 Å². The third kappa shape index (κ3) is 4.56. The number of primary amides is 1. The van der Waals surface area contributed by atoms with E-state index in [-0.39, 0.29) is 0 Å². The minimum Gasteiger partial charge on any atom is -0.390 e. The van der Waals surface area contributed by atoms with Gasteiger partial charge in [0.25, 0.3) is 0 Å². The van der Waals surface area contributed by atoms with Crippen molar-refractivity contribution in [1.82, 2.24) is 14.9 Å². The minimum atomic E-state index is -0.707. The average Bonchev–Trinajstić information content (AvgIpc) is 2.93. The second kappa shape index (κ2) is 8.11. The highest BCUT2D eigenvalue weighted by Gasteiger charge is 2.16. The van der Waals surface area contributed by atoms with Crippen molar-refractivity contribution >= 4 is 23.1 Å². The van der Waals surface area contributed by atoms with Crippen LogP contribution in [-0.4, -0.2) is 65.8 Å². The SMILES string of the molecule is NC(=O)N/N=C/c1cn(C[C@@H](O)CN2CCOCC2)c2ccccc12. The summed E-state index contributed by atoms with van der Waals surface area (Å²) in [6.07, 6.45) is 2.99. The number of nitrogens with two attached hydrogens (primary N) is 1. The maximum atomic E-state index is 10.7. The Morgan fingerprint density at radius 3 is 2.88 bits per heavy atom. The Balaban J connectivity index is 1.74. The van der Waals surface area contributed by atoms with Gasteiger partial charge in [-0.2, -0.15) is 5.10 Å². The molecule has 0 saturated carbocycles. The van der Waals surface area contributed by atoms with E-state index in [9.17, 15) is 9.90 Å². The molecule has 1 atom stereocenters. The number of aliphatic hydroxyl groups is 1. The van der Waals surface area contributed by atoms with Crippen LogP contribution in [0, 0.1) is 0 Å². The summed E-state index contributed by atoms with van der Waals surface area (Å²) in [4.78, 5) is 12.9. The zero-order chi connectivity index (χ0) is 17.6. The summed E-state index contributed by atoms with van der Waals surface area (Å²) in [6.45, 7) is 4.22. The Morgan fingerprint density at radius 1 is 1.36 bits per heavy atom. The van der Waals surface area contributed by atoms with Gasteiger partial charge >= 0.3 is 6.03 Å². The van der Waals surface area contributed by atoms with Gasteiger partial charge in [-0.1, -0.05) is 18.2 Å². The summed E-state index contributed by atoms with van der Waals surface area (Å²) in [7, 11) is 0. The molecule has 1 aromatic heterocycles. The van der Waals surface area contributed by atoms with Crippen molar-refractivity contribution in [2.45, 2.75) is 12.6 Å². The zero-order valence-corrected chi connectivity index (χ0v) is 14.0. The van der Waals surface area contributed by atoms with Crippen molar-refractivity contribution < 1.29 is 14.6 Å². The second-order valence-corrected chi connectivity index (χ2v) is 6.06. The third-order valence-electron chi connectivity index (χ3n) is 4.18. The Kier molecular flexibility index (Phi) is 5.64. The van der Waals surface area contributed by atoms with Crippen LogP contribution < -0.4 is 11.2 Å². The first-order chi connectivity index (χ1) is 12.1. The Labute approximate surface area is 145 Å². The number of amides is 2. The molecule has 0 radical (unpaired) electrons. The van der Waals surface area contributed by atoms with Crippen molar-refractivity contribution in [2.24, 2.45) is 10.8 Å². The molecular formula is C17H23N5O3. The topological polar surface area (TPSA) is 105 Å². The number of benzene rings is 1. The van der Waals surface area contributed by atoms with Crippen LogP contribution in [-0.2, 0) is 11.3 Å². The molecule has 2 amide bonds. The van der Waals surface area contributed by atoms with E-state index in [1.165, 1.54) is 0 Å². The second-order valence-electron chi connectivity index (χ2n) is 6.06. The van der Waals surface area contributed by atoms with Gasteiger partial charge in [0.05, 0.1) is 25.5 Å². The lowest BCUT2D eigenvalue weighted by Crippen LogP contribution is -2.41. The van der Waals surface area contributed by atoms with Gasteiger partial charge < -0.3 is 20.1 Å². The number of para-hydroxylation sites is 1. The van der Waals surface area contributed by atoms with Gasteiger partial charge in [-0.05, 0) is 6.07 Å². The van der Waals surface area contributed by atoms with Crippen LogP contribution in [0.3, 0.4) is 0 Å². The average molecular weight is 345 g/mol. The summed E-state index contributed by atoms with van der Waals surface area (Å²) >= 11 is 0. The Hall–Kier alpha value is -2.42. The number of hydrogen-bond acceptors (Lipinski definition) is 5. The maximum Gasteiger partial charge on any atom is 0.332 e. The van der Waals surface area contributed by atoms with Gasteiger partial charge in [-0.3, -0.25) is 4.90 Å². The lowest BCUT2D eigenvalue weighted by molar-refractivity contribution is 0.0117. The van der Waals surface area contributed by atoms with Crippen LogP contribution in [0.1, 0.15) is 5.56 Å². The van der Waals surface area contributed by atoms with E-state index >= 15 is 0 Å².